The summed E-state index contributed by atoms with van der Waals surface area (Å²) in [6.45, 7) is 0. The van der Waals surface area contributed by atoms with E-state index in [1.54, 1.807) is 11.3 Å². The summed E-state index contributed by atoms with van der Waals surface area (Å²) < 4.78 is 3.53. The van der Waals surface area contributed by atoms with E-state index >= 15 is 0 Å². The zero-order valence-electron chi connectivity index (χ0n) is 33.2. The van der Waals surface area contributed by atoms with Gasteiger partial charge >= 0.3 is 0 Å². The van der Waals surface area contributed by atoms with Crippen molar-refractivity contribution < 1.29 is 0 Å². The second-order valence-corrected chi connectivity index (χ2v) is 16.3. The van der Waals surface area contributed by atoms with E-state index in [0.29, 0.717) is 17.5 Å². The van der Waals surface area contributed by atoms with Gasteiger partial charge in [-0.05, 0) is 41.5 Å². The third-order valence-corrected chi connectivity index (χ3v) is 12.5. The predicted molar refractivity (Wildman–Crippen MR) is 255 cm³/mol. The molecule has 8 aromatic carbocycles. The Morgan fingerprint density at radius 2 is 0.823 bits per heavy atom. The summed E-state index contributed by atoms with van der Waals surface area (Å²) in [6.07, 6.45) is 0. The first kappa shape index (κ1) is 35.8. The summed E-state index contributed by atoms with van der Waals surface area (Å²) in [7, 11) is 0. The summed E-state index contributed by atoms with van der Waals surface area (Å²) in [5.41, 5.74) is 11.2. The summed E-state index contributed by atoms with van der Waals surface area (Å²) in [5.74, 6) is 2.57. The number of hydrogen-bond donors (Lipinski definition) is 0. The van der Waals surface area contributed by atoms with Crippen LogP contribution in [0.25, 0.3) is 116 Å². The maximum atomic E-state index is 5.31. The Kier molecular flexibility index (Phi) is 8.57. The first-order valence-corrected chi connectivity index (χ1v) is 21.4. The summed E-state index contributed by atoms with van der Waals surface area (Å²) >= 11 is 1.72. The minimum absolute atomic E-state index is 0.605. The molecule has 0 amide bonds. The number of fused-ring (bicyclic) bond motifs is 7. The smallest absolute Gasteiger partial charge is 0.164 e. The molecule has 4 aromatic heterocycles. The number of nitrogens with zero attached hydrogens (tertiary/aromatic N) is 6. The zero-order chi connectivity index (χ0) is 41.0. The molecule has 0 aliphatic rings. The molecule has 62 heavy (non-hydrogen) atoms. The second kappa shape index (κ2) is 14.9. The molecule has 0 fully saturated rings. The molecule has 0 spiro atoms. The summed E-state index contributed by atoms with van der Waals surface area (Å²) in [4.78, 5) is 26.8. The van der Waals surface area contributed by atoms with Gasteiger partial charge in [-0.25, -0.2) is 24.9 Å². The van der Waals surface area contributed by atoms with Crippen LogP contribution in [0, 0.1) is 0 Å². The van der Waals surface area contributed by atoms with E-state index in [2.05, 4.69) is 156 Å². The topological polar surface area (TPSA) is 69.4 Å². The Morgan fingerprint density at radius 3 is 1.48 bits per heavy atom. The molecule has 6 nitrogen and oxygen atoms in total. The number of para-hydroxylation sites is 1. The molecule has 0 atom stereocenters. The molecule has 0 N–H and O–H groups in total. The minimum Gasteiger partial charge on any atom is -0.309 e. The second-order valence-electron chi connectivity index (χ2n) is 15.3. The Balaban J connectivity index is 1.05. The lowest BCUT2D eigenvalue weighted by Gasteiger charge is -2.12. The van der Waals surface area contributed by atoms with Crippen LogP contribution in [0.1, 0.15) is 0 Å². The third kappa shape index (κ3) is 6.14. The van der Waals surface area contributed by atoms with E-state index in [0.717, 1.165) is 82.8 Å². The standard InChI is InChI=1S/C55H34N6S/c1-5-16-35(17-6-1)36-28-30-40(31-29-36)53-57-52(39-22-11-4-12-23-39)58-54(59-53)41-24-15-25-42(34-41)61-44-27-14-13-26-43(44)47-45(61)32-33-46-48(47)49-50(37-18-7-2-8-19-37)56-51(60-55(49)62-46)38-20-9-3-10-21-38/h1-34H. The van der Waals surface area contributed by atoms with Crippen LogP contribution in [-0.2, 0) is 0 Å². The molecule has 0 saturated carbocycles. The zero-order valence-corrected chi connectivity index (χ0v) is 34.0. The van der Waals surface area contributed by atoms with Crippen LogP contribution in [0.4, 0.5) is 0 Å². The average molecular weight is 811 g/mol. The number of aromatic nitrogens is 6. The van der Waals surface area contributed by atoms with Crippen LogP contribution >= 0.6 is 11.3 Å². The molecule has 0 aliphatic heterocycles. The molecule has 4 heterocycles. The Morgan fingerprint density at radius 1 is 0.323 bits per heavy atom. The molecule has 0 unspecified atom stereocenters. The third-order valence-electron chi connectivity index (χ3n) is 11.5. The summed E-state index contributed by atoms with van der Waals surface area (Å²) in [5, 5.41) is 4.58. The number of rotatable bonds is 7. The highest BCUT2D eigenvalue weighted by molar-refractivity contribution is 7.25. The molecule has 12 aromatic rings. The minimum atomic E-state index is 0.605. The van der Waals surface area contributed by atoms with Gasteiger partial charge in [0.2, 0.25) is 0 Å². The molecular formula is C55H34N6S. The van der Waals surface area contributed by atoms with Gasteiger partial charge in [0, 0.05) is 59.7 Å². The maximum absolute atomic E-state index is 5.31. The van der Waals surface area contributed by atoms with E-state index in [1.807, 2.05) is 54.6 Å². The Labute approximate surface area is 361 Å². The predicted octanol–water partition coefficient (Wildman–Crippen LogP) is 14.1. The molecule has 7 heteroatoms. The fourth-order valence-corrected chi connectivity index (χ4v) is 9.68. The fraction of sp³-hybridized carbons (Fsp3) is 0. The first-order chi connectivity index (χ1) is 30.7. The number of benzene rings is 8. The lowest BCUT2D eigenvalue weighted by atomic mass is 10.0. The van der Waals surface area contributed by atoms with Crippen molar-refractivity contribution in [2.75, 3.05) is 0 Å². The van der Waals surface area contributed by atoms with Crippen molar-refractivity contribution in [3.05, 3.63) is 206 Å². The van der Waals surface area contributed by atoms with Crippen LogP contribution in [0.3, 0.4) is 0 Å². The van der Waals surface area contributed by atoms with E-state index in [4.69, 9.17) is 24.9 Å². The Hall–Kier alpha value is -8.13. The Bertz CT molecular complexity index is 3600. The van der Waals surface area contributed by atoms with E-state index < -0.39 is 0 Å². The maximum Gasteiger partial charge on any atom is 0.164 e. The monoisotopic (exact) mass is 810 g/mol. The van der Waals surface area contributed by atoms with Gasteiger partial charge in [0.05, 0.1) is 16.7 Å². The molecule has 12 rings (SSSR count). The largest absolute Gasteiger partial charge is 0.309 e. The van der Waals surface area contributed by atoms with E-state index in [9.17, 15) is 0 Å². The van der Waals surface area contributed by atoms with Crippen molar-refractivity contribution in [2.45, 2.75) is 0 Å². The van der Waals surface area contributed by atoms with Crippen molar-refractivity contribution in [3.8, 4) is 73.6 Å². The van der Waals surface area contributed by atoms with Gasteiger partial charge in [0.15, 0.2) is 23.3 Å². The van der Waals surface area contributed by atoms with Gasteiger partial charge in [-0.1, -0.05) is 176 Å². The van der Waals surface area contributed by atoms with Crippen LogP contribution in [0.15, 0.2) is 206 Å². The molecule has 0 bridgehead atoms. The molecular weight excluding hydrogens is 777 g/mol. The quantitative estimate of drug-likeness (QED) is 0.160. The number of thiophene rings is 1. The molecule has 0 radical (unpaired) electrons. The van der Waals surface area contributed by atoms with Crippen LogP contribution < -0.4 is 0 Å². The van der Waals surface area contributed by atoms with Gasteiger partial charge in [-0.3, -0.25) is 0 Å². The van der Waals surface area contributed by atoms with E-state index in [-0.39, 0.29) is 0 Å². The van der Waals surface area contributed by atoms with Crippen molar-refractivity contribution in [1.82, 2.24) is 29.5 Å². The van der Waals surface area contributed by atoms with Gasteiger partial charge in [-0.15, -0.1) is 11.3 Å². The lowest BCUT2D eigenvalue weighted by Crippen LogP contribution is -2.01. The molecule has 290 valence electrons. The van der Waals surface area contributed by atoms with Crippen LogP contribution in [-0.4, -0.2) is 29.5 Å². The highest BCUT2D eigenvalue weighted by atomic mass is 32.1. The SMILES string of the molecule is c1ccc(-c2ccc(-c3nc(-c4ccccc4)nc(-c4cccc(-n5c6ccccc6c6c7c(ccc65)sc5nc(-c6ccccc6)nc(-c6ccccc6)c57)c4)n3)cc2)cc1. The van der Waals surface area contributed by atoms with Gasteiger partial charge in [0.25, 0.3) is 0 Å². The van der Waals surface area contributed by atoms with Gasteiger partial charge in [0.1, 0.15) is 4.83 Å². The highest BCUT2D eigenvalue weighted by Gasteiger charge is 2.23. The van der Waals surface area contributed by atoms with E-state index in [1.165, 1.54) is 15.5 Å². The lowest BCUT2D eigenvalue weighted by molar-refractivity contribution is 1.07. The van der Waals surface area contributed by atoms with Gasteiger partial charge in [-0.2, -0.15) is 0 Å². The van der Waals surface area contributed by atoms with Crippen LogP contribution in [0.5, 0.6) is 0 Å². The van der Waals surface area contributed by atoms with Crippen molar-refractivity contribution >= 4 is 53.4 Å². The molecule has 0 saturated heterocycles. The highest BCUT2D eigenvalue weighted by Crippen LogP contribution is 2.46. The van der Waals surface area contributed by atoms with Crippen molar-refractivity contribution in [2.24, 2.45) is 0 Å². The fourth-order valence-electron chi connectivity index (χ4n) is 8.59. The van der Waals surface area contributed by atoms with Crippen molar-refractivity contribution in [1.29, 1.82) is 0 Å². The van der Waals surface area contributed by atoms with Gasteiger partial charge < -0.3 is 4.57 Å². The average Bonchev–Trinajstić information content (AvgIpc) is 3.90. The summed E-state index contributed by atoms with van der Waals surface area (Å²) in [6, 6.07) is 71.4. The first-order valence-electron chi connectivity index (χ1n) is 20.6. The number of hydrogen-bond acceptors (Lipinski definition) is 6. The molecule has 0 aliphatic carbocycles. The normalized spacial score (nSPS) is 11.5. The van der Waals surface area contributed by atoms with Crippen molar-refractivity contribution in [3.63, 3.8) is 0 Å². The van der Waals surface area contributed by atoms with Crippen LogP contribution in [0.2, 0.25) is 0 Å².